The standard InChI is InChI=1S/C29H24ClF3N2O6S/c1-39-26-14-12-23(17-27(26)40-2)42(37,38)35(21-8-6-7-19(15-21)29(31,32)33)18-28(36)34-24-16-20(30)11-13-25(24)41-22-9-4-3-5-10-22/h3-17H,18H2,1-2H3,(H,34,36). The van der Waals surface area contributed by atoms with Gasteiger partial charge in [-0.3, -0.25) is 9.10 Å². The first kappa shape index (κ1) is 30.5. The van der Waals surface area contributed by atoms with E-state index in [1.807, 2.05) is 0 Å². The van der Waals surface area contributed by atoms with Gasteiger partial charge in [-0.15, -0.1) is 0 Å². The molecule has 0 unspecified atom stereocenters. The number of anilines is 2. The summed E-state index contributed by atoms with van der Waals surface area (Å²) in [6.07, 6.45) is -4.76. The summed E-state index contributed by atoms with van der Waals surface area (Å²) in [6, 6.07) is 20.4. The SMILES string of the molecule is COc1ccc(S(=O)(=O)N(CC(=O)Nc2cc(Cl)ccc2Oc2ccccc2)c2cccc(C(F)(F)F)c2)cc1OC. The highest BCUT2D eigenvalue weighted by Gasteiger charge is 2.34. The normalized spacial score (nSPS) is 11.5. The second-order valence-corrected chi connectivity index (χ2v) is 11.0. The highest BCUT2D eigenvalue weighted by atomic mass is 35.5. The lowest BCUT2D eigenvalue weighted by molar-refractivity contribution is -0.137. The number of carbonyl (C=O) groups is 1. The van der Waals surface area contributed by atoms with Gasteiger partial charge in [0.05, 0.1) is 36.1 Å². The summed E-state index contributed by atoms with van der Waals surface area (Å²) in [5.74, 6) is 0.0706. The molecule has 0 radical (unpaired) electrons. The third-order valence-electron chi connectivity index (χ3n) is 5.88. The predicted molar refractivity (Wildman–Crippen MR) is 152 cm³/mol. The van der Waals surface area contributed by atoms with Gasteiger partial charge in [0.25, 0.3) is 10.0 Å². The van der Waals surface area contributed by atoms with Gasteiger partial charge in [-0.1, -0.05) is 35.9 Å². The van der Waals surface area contributed by atoms with Crippen LogP contribution < -0.4 is 23.8 Å². The number of para-hydroxylation sites is 1. The van der Waals surface area contributed by atoms with Crippen LogP contribution in [-0.4, -0.2) is 35.1 Å². The molecule has 1 N–H and O–H groups in total. The third kappa shape index (κ3) is 7.07. The van der Waals surface area contributed by atoms with Crippen molar-refractivity contribution in [2.75, 3.05) is 30.4 Å². The van der Waals surface area contributed by atoms with Crippen molar-refractivity contribution in [1.29, 1.82) is 0 Å². The van der Waals surface area contributed by atoms with Gasteiger partial charge in [0.15, 0.2) is 17.2 Å². The number of amides is 1. The fourth-order valence-corrected chi connectivity index (χ4v) is 5.48. The largest absolute Gasteiger partial charge is 0.493 e. The van der Waals surface area contributed by atoms with Gasteiger partial charge >= 0.3 is 6.18 Å². The minimum absolute atomic E-state index is 0.0636. The van der Waals surface area contributed by atoms with Gasteiger partial charge in [0.2, 0.25) is 5.91 Å². The van der Waals surface area contributed by atoms with Crippen molar-refractivity contribution in [1.82, 2.24) is 0 Å². The molecule has 220 valence electrons. The number of benzene rings is 4. The molecule has 0 saturated carbocycles. The van der Waals surface area contributed by atoms with Crippen LogP contribution in [0.15, 0.2) is 95.9 Å². The van der Waals surface area contributed by atoms with E-state index in [1.165, 1.54) is 44.6 Å². The van der Waals surface area contributed by atoms with E-state index in [1.54, 1.807) is 30.3 Å². The predicted octanol–water partition coefficient (Wildman–Crippen LogP) is 7.00. The minimum atomic E-state index is -4.76. The van der Waals surface area contributed by atoms with Crippen LogP contribution in [0.3, 0.4) is 0 Å². The molecule has 0 aliphatic carbocycles. The number of hydrogen-bond donors (Lipinski definition) is 1. The Morgan fingerprint density at radius 1 is 0.857 bits per heavy atom. The molecule has 0 aromatic heterocycles. The first-order valence-corrected chi connectivity index (χ1v) is 14.0. The lowest BCUT2D eigenvalue weighted by Crippen LogP contribution is -2.38. The van der Waals surface area contributed by atoms with Crippen LogP contribution in [0.2, 0.25) is 5.02 Å². The molecule has 0 spiro atoms. The van der Waals surface area contributed by atoms with Crippen LogP contribution in [0, 0.1) is 0 Å². The van der Waals surface area contributed by atoms with Crippen molar-refractivity contribution in [2.45, 2.75) is 11.1 Å². The van der Waals surface area contributed by atoms with Crippen LogP contribution in [0.4, 0.5) is 24.5 Å². The minimum Gasteiger partial charge on any atom is -0.493 e. The summed E-state index contributed by atoms with van der Waals surface area (Å²) in [5.41, 5.74) is -1.37. The van der Waals surface area contributed by atoms with Crippen molar-refractivity contribution in [3.8, 4) is 23.0 Å². The van der Waals surface area contributed by atoms with E-state index in [2.05, 4.69) is 5.32 Å². The van der Waals surface area contributed by atoms with Crippen LogP contribution >= 0.6 is 11.6 Å². The number of nitrogens with zero attached hydrogens (tertiary/aromatic N) is 1. The smallest absolute Gasteiger partial charge is 0.416 e. The van der Waals surface area contributed by atoms with Gasteiger partial charge in [-0.05, 0) is 60.7 Å². The Bertz CT molecular complexity index is 1680. The van der Waals surface area contributed by atoms with E-state index in [9.17, 15) is 26.4 Å². The number of methoxy groups -OCH3 is 2. The lowest BCUT2D eigenvalue weighted by Gasteiger charge is -2.25. The highest BCUT2D eigenvalue weighted by molar-refractivity contribution is 7.92. The van der Waals surface area contributed by atoms with E-state index in [0.29, 0.717) is 16.1 Å². The molecule has 1 amide bonds. The zero-order chi connectivity index (χ0) is 30.5. The number of halogens is 4. The molecule has 0 fully saturated rings. The number of rotatable bonds is 10. The maximum Gasteiger partial charge on any atom is 0.416 e. The molecular weight excluding hydrogens is 597 g/mol. The Morgan fingerprint density at radius 3 is 2.21 bits per heavy atom. The zero-order valence-corrected chi connectivity index (χ0v) is 23.8. The molecular formula is C29H24ClF3N2O6S. The third-order valence-corrected chi connectivity index (χ3v) is 7.88. The average Bonchev–Trinajstić information content (AvgIpc) is 2.97. The Labute approximate surface area is 245 Å². The van der Waals surface area contributed by atoms with Crippen molar-refractivity contribution in [2.24, 2.45) is 0 Å². The van der Waals surface area contributed by atoms with Crippen molar-refractivity contribution in [3.05, 3.63) is 102 Å². The molecule has 4 aromatic carbocycles. The maximum atomic E-state index is 13.8. The quantitative estimate of drug-likeness (QED) is 0.205. The van der Waals surface area contributed by atoms with E-state index in [0.717, 1.165) is 24.3 Å². The van der Waals surface area contributed by atoms with Crippen molar-refractivity contribution in [3.63, 3.8) is 0 Å². The number of alkyl halides is 3. The molecule has 0 atom stereocenters. The van der Waals surface area contributed by atoms with Crippen LogP contribution in [0.5, 0.6) is 23.0 Å². The molecule has 42 heavy (non-hydrogen) atoms. The fourth-order valence-electron chi connectivity index (χ4n) is 3.88. The van der Waals surface area contributed by atoms with Crippen molar-refractivity contribution >= 4 is 38.9 Å². The molecule has 0 bridgehead atoms. The van der Waals surface area contributed by atoms with Gasteiger partial charge in [0, 0.05) is 11.1 Å². The first-order chi connectivity index (χ1) is 19.9. The van der Waals surface area contributed by atoms with Gasteiger partial charge in [-0.25, -0.2) is 8.42 Å². The first-order valence-electron chi connectivity index (χ1n) is 12.2. The zero-order valence-electron chi connectivity index (χ0n) is 22.2. The number of nitrogens with one attached hydrogen (secondary N) is 1. The van der Waals surface area contributed by atoms with E-state index in [-0.39, 0.29) is 38.5 Å². The molecule has 4 rings (SSSR count). The maximum absolute atomic E-state index is 13.8. The number of sulfonamides is 1. The lowest BCUT2D eigenvalue weighted by atomic mass is 10.2. The summed E-state index contributed by atoms with van der Waals surface area (Å²) in [6.45, 7) is -0.894. The van der Waals surface area contributed by atoms with Gasteiger partial charge < -0.3 is 19.5 Å². The second kappa shape index (κ2) is 12.6. The Hall–Kier alpha value is -4.42. The molecule has 0 heterocycles. The Balaban J connectivity index is 1.73. The second-order valence-electron chi connectivity index (χ2n) is 8.68. The average molecular weight is 621 g/mol. The van der Waals surface area contributed by atoms with E-state index >= 15 is 0 Å². The summed E-state index contributed by atoms with van der Waals surface area (Å²) in [5, 5.41) is 2.81. The molecule has 4 aromatic rings. The van der Waals surface area contributed by atoms with Gasteiger partial charge in [0.1, 0.15) is 12.3 Å². The highest BCUT2D eigenvalue weighted by Crippen LogP contribution is 2.36. The summed E-state index contributed by atoms with van der Waals surface area (Å²) in [7, 11) is -1.96. The molecule has 8 nitrogen and oxygen atoms in total. The molecule has 13 heteroatoms. The monoisotopic (exact) mass is 620 g/mol. The summed E-state index contributed by atoms with van der Waals surface area (Å²) >= 11 is 6.13. The van der Waals surface area contributed by atoms with E-state index < -0.39 is 34.2 Å². The van der Waals surface area contributed by atoms with Gasteiger partial charge in [-0.2, -0.15) is 13.2 Å². The van der Waals surface area contributed by atoms with Crippen LogP contribution in [-0.2, 0) is 21.0 Å². The number of carbonyl (C=O) groups excluding carboxylic acids is 1. The van der Waals surface area contributed by atoms with Crippen LogP contribution in [0.1, 0.15) is 5.56 Å². The Morgan fingerprint density at radius 2 is 1.55 bits per heavy atom. The summed E-state index contributed by atoms with van der Waals surface area (Å²) < 4.78 is 85.0. The van der Waals surface area contributed by atoms with E-state index in [4.69, 9.17) is 25.8 Å². The number of hydrogen-bond acceptors (Lipinski definition) is 6. The molecule has 0 aliphatic rings. The number of ether oxygens (including phenoxy) is 3. The fraction of sp³-hybridized carbons (Fsp3) is 0.138. The topological polar surface area (TPSA) is 94.2 Å². The Kier molecular flexibility index (Phi) is 9.17. The molecule has 0 saturated heterocycles. The summed E-state index contributed by atoms with van der Waals surface area (Å²) in [4.78, 5) is 13.0. The van der Waals surface area contributed by atoms with Crippen LogP contribution in [0.25, 0.3) is 0 Å². The molecule has 0 aliphatic heterocycles. The van der Waals surface area contributed by atoms with Crippen molar-refractivity contribution < 1.29 is 40.6 Å².